The molecule has 1 unspecified atom stereocenters. The molecule has 1 heteroatoms. The molecule has 106 valence electrons. The second kappa shape index (κ2) is 5.87. The predicted octanol–water partition coefficient (Wildman–Crippen LogP) is 4.59. The van der Waals surface area contributed by atoms with Crippen molar-refractivity contribution >= 4 is 33.6 Å². The van der Waals surface area contributed by atoms with Crippen LogP contribution in [-0.2, 0) is 0 Å². The van der Waals surface area contributed by atoms with Gasteiger partial charge in [0.1, 0.15) is 0 Å². The summed E-state index contributed by atoms with van der Waals surface area (Å²) in [5, 5.41) is 2.75. The molecule has 3 rings (SSSR count). The molecule has 0 spiro atoms. The van der Waals surface area contributed by atoms with E-state index in [1.54, 1.807) is 0 Å². The fraction of sp³-hybridized carbons (Fsp3) is 0.200. The van der Waals surface area contributed by atoms with Crippen LogP contribution in [0.25, 0.3) is 22.2 Å². The van der Waals surface area contributed by atoms with E-state index < -0.39 is 0 Å². The summed E-state index contributed by atoms with van der Waals surface area (Å²) in [7, 11) is 0. The lowest BCUT2D eigenvalue weighted by molar-refractivity contribution is 1.02. The molecular formula is C20H20S. The average molecular weight is 292 g/mol. The SMILES string of the molecule is C/C=c1/sc2ccccc2/c1=C/C(C)c1ccc(C)cc1. The van der Waals surface area contributed by atoms with E-state index in [-0.39, 0.29) is 0 Å². The molecule has 0 radical (unpaired) electrons. The van der Waals surface area contributed by atoms with E-state index in [1.165, 1.54) is 31.0 Å². The summed E-state index contributed by atoms with van der Waals surface area (Å²) < 4.78 is 2.74. The zero-order chi connectivity index (χ0) is 14.8. The fourth-order valence-electron chi connectivity index (χ4n) is 2.69. The second-order valence-corrected chi connectivity index (χ2v) is 6.61. The summed E-state index contributed by atoms with van der Waals surface area (Å²) in [6.45, 7) is 6.53. The molecule has 0 N–H and O–H groups in total. The highest BCUT2D eigenvalue weighted by molar-refractivity contribution is 7.17. The van der Waals surface area contributed by atoms with Crippen molar-refractivity contribution in [2.45, 2.75) is 26.7 Å². The van der Waals surface area contributed by atoms with Gasteiger partial charge in [-0.25, -0.2) is 0 Å². The first-order chi connectivity index (χ1) is 10.2. The largest absolute Gasteiger partial charge is 0.136 e. The van der Waals surface area contributed by atoms with E-state index in [0.29, 0.717) is 5.92 Å². The first kappa shape index (κ1) is 14.1. The van der Waals surface area contributed by atoms with Crippen LogP contribution in [0.5, 0.6) is 0 Å². The lowest BCUT2D eigenvalue weighted by Gasteiger charge is -2.06. The molecule has 0 fully saturated rings. The molecule has 0 aliphatic heterocycles. The Morgan fingerprint density at radius 3 is 2.43 bits per heavy atom. The summed E-state index contributed by atoms with van der Waals surface area (Å²) in [5.74, 6) is 0.419. The number of hydrogen-bond donors (Lipinski definition) is 0. The van der Waals surface area contributed by atoms with E-state index in [4.69, 9.17) is 0 Å². The summed E-state index contributed by atoms with van der Waals surface area (Å²) in [4.78, 5) is 0. The molecule has 0 saturated carbocycles. The number of aryl methyl sites for hydroxylation is 1. The Balaban J connectivity index is 2.17. The lowest BCUT2D eigenvalue weighted by Crippen LogP contribution is -2.19. The van der Waals surface area contributed by atoms with Gasteiger partial charge in [-0.15, -0.1) is 11.3 Å². The first-order valence-corrected chi connectivity index (χ1v) is 8.23. The van der Waals surface area contributed by atoms with Crippen LogP contribution in [0.15, 0.2) is 48.5 Å². The molecular weight excluding hydrogens is 272 g/mol. The molecule has 3 aromatic rings. The van der Waals surface area contributed by atoms with E-state index >= 15 is 0 Å². The number of thiophene rings is 1. The van der Waals surface area contributed by atoms with Crippen molar-refractivity contribution in [2.24, 2.45) is 0 Å². The van der Waals surface area contributed by atoms with Gasteiger partial charge >= 0.3 is 0 Å². The van der Waals surface area contributed by atoms with Gasteiger partial charge in [0.25, 0.3) is 0 Å². The van der Waals surface area contributed by atoms with E-state index in [0.717, 1.165) is 0 Å². The maximum atomic E-state index is 2.40. The Morgan fingerprint density at radius 2 is 1.71 bits per heavy atom. The van der Waals surface area contributed by atoms with Gasteiger partial charge in [-0.05, 0) is 42.0 Å². The van der Waals surface area contributed by atoms with E-state index in [1.807, 2.05) is 11.3 Å². The molecule has 0 bridgehead atoms. The second-order valence-electron chi connectivity index (χ2n) is 5.53. The van der Waals surface area contributed by atoms with Crippen molar-refractivity contribution in [3.8, 4) is 0 Å². The molecule has 0 nitrogen and oxygen atoms in total. The Kier molecular flexibility index (Phi) is 3.94. The molecule has 1 heterocycles. The van der Waals surface area contributed by atoms with Crippen molar-refractivity contribution in [2.75, 3.05) is 0 Å². The normalized spacial score (nSPS) is 14.8. The molecule has 21 heavy (non-hydrogen) atoms. The topological polar surface area (TPSA) is 0 Å². The van der Waals surface area contributed by atoms with E-state index in [9.17, 15) is 0 Å². The van der Waals surface area contributed by atoms with Crippen LogP contribution >= 0.6 is 11.3 Å². The van der Waals surface area contributed by atoms with Crippen molar-refractivity contribution in [3.05, 3.63) is 69.4 Å². The molecule has 2 aromatic carbocycles. The van der Waals surface area contributed by atoms with Crippen LogP contribution in [0.4, 0.5) is 0 Å². The minimum atomic E-state index is 0.419. The number of fused-ring (bicyclic) bond motifs is 1. The quantitative estimate of drug-likeness (QED) is 0.648. The Bertz CT molecular complexity index is 866. The van der Waals surface area contributed by atoms with Gasteiger partial charge in [-0.1, -0.05) is 67.1 Å². The zero-order valence-corrected chi connectivity index (χ0v) is 13.6. The minimum absolute atomic E-state index is 0.419. The van der Waals surface area contributed by atoms with Crippen LogP contribution in [0.3, 0.4) is 0 Å². The van der Waals surface area contributed by atoms with Crippen molar-refractivity contribution in [1.82, 2.24) is 0 Å². The highest BCUT2D eigenvalue weighted by atomic mass is 32.1. The Labute approximate surface area is 130 Å². The Morgan fingerprint density at radius 1 is 1.00 bits per heavy atom. The Hall–Kier alpha value is -1.86. The number of benzene rings is 2. The van der Waals surface area contributed by atoms with Gasteiger partial charge in [-0.2, -0.15) is 0 Å². The van der Waals surface area contributed by atoms with Gasteiger partial charge in [0.15, 0.2) is 0 Å². The van der Waals surface area contributed by atoms with Crippen LogP contribution in [0.2, 0.25) is 0 Å². The molecule has 0 aliphatic rings. The molecule has 0 saturated heterocycles. The van der Waals surface area contributed by atoms with Crippen LogP contribution in [0, 0.1) is 6.92 Å². The van der Waals surface area contributed by atoms with Crippen LogP contribution in [0.1, 0.15) is 30.9 Å². The highest BCUT2D eigenvalue weighted by Crippen LogP contribution is 2.18. The van der Waals surface area contributed by atoms with Crippen LogP contribution in [-0.4, -0.2) is 0 Å². The maximum absolute atomic E-state index is 2.40. The monoisotopic (exact) mass is 292 g/mol. The summed E-state index contributed by atoms with van der Waals surface area (Å²) in [6, 6.07) is 17.5. The van der Waals surface area contributed by atoms with Gasteiger partial charge in [0.2, 0.25) is 0 Å². The third-order valence-corrected chi connectivity index (χ3v) is 5.20. The molecule has 0 aliphatic carbocycles. The minimum Gasteiger partial charge on any atom is -0.136 e. The number of rotatable bonds is 2. The van der Waals surface area contributed by atoms with Gasteiger partial charge < -0.3 is 0 Å². The van der Waals surface area contributed by atoms with Crippen molar-refractivity contribution < 1.29 is 0 Å². The van der Waals surface area contributed by atoms with Crippen molar-refractivity contribution in [1.29, 1.82) is 0 Å². The highest BCUT2D eigenvalue weighted by Gasteiger charge is 2.05. The summed E-state index contributed by atoms with van der Waals surface area (Å²) in [5.41, 5.74) is 2.69. The lowest BCUT2D eigenvalue weighted by atomic mass is 9.98. The zero-order valence-electron chi connectivity index (χ0n) is 12.8. The standard InChI is InChI=1S/C20H20S/c1-4-19-18(17-7-5-6-8-20(17)21-19)13-15(3)16-11-9-14(2)10-12-16/h4-13,15H,1-3H3/b18-13-,19-4+. The smallest absolute Gasteiger partial charge is 0.0355 e. The fourth-order valence-corrected chi connectivity index (χ4v) is 3.76. The molecule has 1 atom stereocenters. The van der Waals surface area contributed by atoms with Crippen molar-refractivity contribution in [3.63, 3.8) is 0 Å². The summed E-state index contributed by atoms with van der Waals surface area (Å²) in [6.07, 6.45) is 4.62. The molecule has 0 amide bonds. The number of hydrogen-bond acceptors (Lipinski definition) is 1. The first-order valence-electron chi connectivity index (χ1n) is 7.41. The maximum Gasteiger partial charge on any atom is 0.0355 e. The van der Waals surface area contributed by atoms with Gasteiger partial charge in [-0.3, -0.25) is 0 Å². The third kappa shape index (κ3) is 2.79. The van der Waals surface area contributed by atoms with Crippen LogP contribution < -0.4 is 9.75 Å². The average Bonchev–Trinajstić information content (AvgIpc) is 2.86. The van der Waals surface area contributed by atoms with E-state index in [2.05, 4.69) is 81.5 Å². The third-order valence-electron chi connectivity index (χ3n) is 3.94. The predicted molar refractivity (Wildman–Crippen MR) is 95.3 cm³/mol. The molecule has 1 aromatic heterocycles. The van der Waals surface area contributed by atoms with Gasteiger partial charge in [0, 0.05) is 9.23 Å². The van der Waals surface area contributed by atoms with Gasteiger partial charge in [0.05, 0.1) is 0 Å². The summed E-state index contributed by atoms with van der Waals surface area (Å²) >= 11 is 1.88.